The van der Waals surface area contributed by atoms with Crippen molar-refractivity contribution in [2.24, 2.45) is 0 Å². The Morgan fingerprint density at radius 3 is 1.24 bits per heavy atom. The molecule has 0 aliphatic heterocycles. The molecule has 0 heterocycles. The predicted octanol–water partition coefficient (Wildman–Crippen LogP) is 8.85. The lowest BCUT2D eigenvalue weighted by Gasteiger charge is -2.07. The van der Waals surface area contributed by atoms with Gasteiger partial charge in [0, 0.05) is 4.57 Å². The molecule has 0 amide bonds. The first kappa shape index (κ1) is 23.5. The fraction of sp³-hybridized carbons (Fsp3) is 0. The van der Waals surface area contributed by atoms with E-state index in [9.17, 15) is 14.8 Å². The zero-order valence-electron chi connectivity index (χ0n) is 20.1. The molecule has 5 nitrogen and oxygen atoms in total. The van der Waals surface area contributed by atoms with Gasteiger partial charge in [-0.25, -0.2) is 9.05 Å². The maximum absolute atomic E-state index is 12.6. The molecule has 0 saturated heterocycles. The Balaban J connectivity index is 1.16. The largest absolute Gasteiger partial charge is 0.805 e. The van der Waals surface area contributed by atoms with Crippen molar-refractivity contribution in [3.8, 4) is 45.3 Å². The van der Waals surface area contributed by atoms with E-state index in [0.29, 0.717) is 0 Å². The van der Waals surface area contributed by atoms with Crippen molar-refractivity contribution in [2.45, 2.75) is 0 Å². The minimum atomic E-state index is -2.71. The van der Waals surface area contributed by atoms with Crippen molar-refractivity contribution in [3.05, 3.63) is 121 Å². The topological polar surface area (TPSA) is 76.0 Å². The number of rotatable bonds is 6. The average molecular weight is 517 g/mol. The van der Waals surface area contributed by atoms with Crippen LogP contribution in [0.4, 0.5) is 0 Å². The number of fused-ring (bicyclic) bond motifs is 2. The Bertz CT molecular complexity index is 1700. The molecule has 6 heteroatoms. The van der Waals surface area contributed by atoms with E-state index in [4.69, 9.17) is 9.05 Å². The molecule has 6 aromatic rings. The van der Waals surface area contributed by atoms with Crippen LogP contribution in [-0.4, -0.2) is 10.2 Å². The van der Waals surface area contributed by atoms with Crippen LogP contribution in [0.25, 0.3) is 43.8 Å². The lowest BCUT2D eigenvalue weighted by Crippen LogP contribution is -1.91. The fourth-order valence-electron chi connectivity index (χ4n) is 4.47. The number of aromatic hydroxyl groups is 2. The third-order valence-corrected chi connectivity index (χ3v) is 7.12. The zero-order chi connectivity index (χ0) is 26.1. The average Bonchev–Trinajstić information content (AvgIpc) is 2.94. The first-order valence-corrected chi connectivity index (χ1v) is 13.1. The molecule has 184 valence electrons. The van der Waals surface area contributed by atoms with Crippen LogP contribution in [0.1, 0.15) is 0 Å². The van der Waals surface area contributed by atoms with Crippen LogP contribution in [0.5, 0.6) is 23.0 Å². The molecule has 0 spiro atoms. The van der Waals surface area contributed by atoms with E-state index in [1.807, 2.05) is 84.9 Å². The van der Waals surface area contributed by atoms with Crippen LogP contribution >= 0.6 is 8.25 Å². The third-order valence-electron chi connectivity index (χ3n) is 6.43. The number of hydrogen-bond acceptors (Lipinski definition) is 5. The van der Waals surface area contributed by atoms with Gasteiger partial charge in [0.2, 0.25) is 11.5 Å². The summed E-state index contributed by atoms with van der Waals surface area (Å²) in [5.74, 6) is -0.303. The highest BCUT2D eigenvalue weighted by Gasteiger charge is 2.28. The van der Waals surface area contributed by atoms with Crippen LogP contribution < -0.4 is 9.05 Å². The quantitative estimate of drug-likeness (QED) is 0.216. The maximum atomic E-state index is 12.6. The minimum absolute atomic E-state index is 0.0166. The van der Waals surface area contributed by atoms with Crippen LogP contribution in [-0.2, 0) is 4.57 Å². The molecular weight excluding hydrogens is 495 g/mol. The van der Waals surface area contributed by atoms with E-state index in [0.717, 1.165) is 43.8 Å². The van der Waals surface area contributed by atoms with Crippen molar-refractivity contribution in [1.82, 2.24) is 0 Å². The van der Waals surface area contributed by atoms with Crippen molar-refractivity contribution in [1.29, 1.82) is 0 Å². The first-order valence-electron chi connectivity index (χ1n) is 12.0. The lowest BCUT2D eigenvalue weighted by molar-refractivity contribution is 0.381. The SMILES string of the molecule is O=[P+](Oc1ccc(-c2ccc3ccccc3c2)cc1O)Oc1ccc(-c2ccc3ccccc3c2)cc1O. The van der Waals surface area contributed by atoms with Gasteiger partial charge in [0.25, 0.3) is 0 Å². The Morgan fingerprint density at radius 1 is 0.447 bits per heavy atom. The minimum Gasteiger partial charge on any atom is -0.504 e. The van der Waals surface area contributed by atoms with Crippen molar-refractivity contribution in [2.75, 3.05) is 0 Å². The van der Waals surface area contributed by atoms with E-state index in [2.05, 4.69) is 0 Å². The molecule has 0 bridgehead atoms. The third kappa shape index (κ3) is 4.75. The van der Waals surface area contributed by atoms with Gasteiger partial charge in [0.15, 0.2) is 11.5 Å². The summed E-state index contributed by atoms with van der Waals surface area (Å²) < 4.78 is 23.3. The van der Waals surface area contributed by atoms with Crippen molar-refractivity contribution >= 4 is 29.8 Å². The summed E-state index contributed by atoms with van der Waals surface area (Å²) in [7, 11) is -2.71. The van der Waals surface area contributed by atoms with Gasteiger partial charge in [-0.3, -0.25) is 0 Å². The van der Waals surface area contributed by atoms with E-state index in [1.165, 1.54) is 0 Å². The molecule has 0 aliphatic rings. The van der Waals surface area contributed by atoms with Gasteiger partial charge in [0.1, 0.15) is 0 Å². The molecule has 6 rings (SSSR count). The molecule has 0 fully saturated rings. The molecule has 2 N–H and O–H groups in total. The molecule has 0 saturated carbocycles. The maximum Gasteiger partial charge on any atom is 0.805 e. The second kappa shape index (κ2) is 9.89. The summed E-state index contributed by atoms with van der Waals surface area (Å²) in [6.45, 7) is 0. The van der Waals surface area contributed by atoms with Gasteiger partial charge < -0.3 is 10.2 Å². The van der Waals surface area contributed by atoms with Crippen LogP contribution in [0.2, 0.25) is 0 Å². The molecule has 0 aromatic heterocycles. The lowest BCUT2D eigenvalue weighted by atomic mass is 10.0. The normalized spacial score (nSPS) is 10.9. The van der Waals surface area contributed by atoms with Gasteiger partial charge >= 0.3 is 8.25 Å². The van der Waals surface area contributed by atoms with Gasteiger partial charge in [0.05, 0.1) is 0 Å². The molecular formula is C32H22O5P+. The highest BCUT2D eigenvalue weighted by Crippen LogP contribution is 2.41. The highest BCUT2D eigenvalue weighted by molar-refractivity contribution is 7.34. The first-order chi connectivity index (χ1) is 18.5. The Hall–Kier alpha value is -4.86. The molecule has 0 atom stereocenters. The summed E-state index contributed by atoms with van der Waals surface area (Å²) in [6, 6.07) is 37.9. The number of hydrogen-bond donors (Lipinski definition) is 2. The van der Waals surface area contributed by atoms with Gasteiger partial charge in [-0.1, -0.05) is 84.9 Å². The van der Waals surface area contributed by atoms with Gasteiger partial charge in [-0.2, -0.15) is 0 Å². The second-order valence-corrected chi connectivity index (χ2v) is 9.71. The Morgan fingerprint density at radius 2 is 0.816 bits per heavy atom. The fourth-order valence-corrected chi connectivity index (χ4v) is 5.13. The van der Waals surface area contributed by atoms with Gasteiger partial charge in [-0.05, 0) is 80.2 Å². The Labute approximate surface area is 220 Å². The van der Waals surface area contributed by atoms with Crippen molar-refractivity contribution in [3.63, 3.8) is 0 Å². The smallest absolute Gasteiger partial charge is 0.504 e. The summed E-state index contributed by atoms with van der Waals surface area (Å²) in [6.07, 6.45) is 0. The molecule has 0 radical (unpaired) electrons. The monoisotopic (exact) mass is 517 g/mol. The van der Waals surface area contributed by atoms with E-state index in [1.54, 1.807) is 36.4 Å². The number of phenolic OH excluding ortho intramolecular Hbond substituents is 2. The van der Waals surface area contributed by atoms with Crippen molar-refractivity contribution < 1.29 is 23.8 Å². The number of phenols is 2. The predicted molar refractivity (Wildman–Crippen MR) is 151 cm³/mol. The van der Waals surface area contributed by atoms with E-state index >= 15 is 0 Å². The van der Waals surface area contributed by atoms with Crippen LogP contribution in [0.3, 0.4) is 0 Å². The summed E-state index contributed by atoms with van der Waals surface area (Å²) in [5, 5.41) is 25.5. The zero-order valence-corrected chi connectivity index (χ0v) is 21.0. The summed E-state index contributed by atoms with van der Waals surface area (Å²) >= 11 is 0. The van der Waals surface area contributed by atoms with E-state index < -0.39 is 8.25 Å². The van der Waals surface area contributed by atoms with E-state index in [-0.39, 0.29) is 23.0 Å². The number of benzene rings is 6. The van der Waals surface area contributed by atoms with Gasteiger partial charge in [-0.15, -0.1) is 0 Å². The Kier molecular flexibility index (Phi) is 6.12. The molecule has 0 unspecified atom stereocenters. The summed E-state index contributed by atoms with van der Waals surface area (Å²) in [5.41, 5.74) is 3.45. The van der Waals surface area contributed by atoms with Crippen LogP contribution in [0, 0.1) is 0 Å². The molecule has 6 aromatic carbocycles. The summed E-state index contributed by atoms with van der Waals surface area (Å²) in [4.78, 5) is 0. The highest BCUT2D eigenvalue weighted by atomic mass is 31.1. The molecule has 38 heavy (non-hydrogen) atoms. The molecule has 0 aliphatic carbocycles. The second-order valence-electron chi connectivity index (χ2n) is 8.90. The van der Waals surface area contributed by atoms with Crippen LogP contribution in [0.15, 0.2) is 121 Å². The standard InChI is InChI=1S/C32H21O5P/c33-29-19-27(25-11-9-21-5-1-3-7-23(21)17-25)13-15-31(29)36-38(35)37-32-16-14-28(20-30(32)34)26-12-10-22-6-2-4-8-24(22)18-26/h1-20H,(H-,33,34)/p+1.